The first-order chi connectivity index (χ1) is 9.24. The van der Waals surface area contributed by atoms with Crippen LogP contribution in [0.2, 0.25) is 0 Å². The molecule has 102 valence electrons. The Labute approximate surface area is 110 Å². The molecule has 0 saturated carbocycles. The first-order valence-electron chi connectivity index (χ1n) is 5.91. The van der Waals surface area contributed by atoms with Gasteiger partial charge in [0.05, 0.1) is 19.8 Å². The fourth-order valence-electron chi connectivity index (χ4n) is 1.91. The molecule has 1 aromatic carbocycles. The van der Waals surface area contributed by atoms with Crippen molar-refractivity contribution in [3.63, 3.8) is 0 Å². The molecule has 0 fully saturated rings. The number of ether oxygens (including phenoxy) is 3. The Morgan fingerprint density at radius 3 is 2.74 bits per heavy atom. The van der Waals surface area contributed by atoms with Gasteiger partial charge in [-0.2, -0.15) is 0 Å². The number of carbonyl (C=O) groups is 1. The van der Waals surface area contributed by atoms with E-state index >= 15 is 0 Å². The van der Waals surface area contributed by atoms with Crippen molar-refractivity contribution in [2.75, 3.05) is 20.8 Å². The molecule has 0 aliphatic heterocycles. The zero-order valence-corrected chi connectivity index (χ0v) is 11.1. The Bertz CT molecular complexity index is 592. The van der Waals surface area contributed by atoms with Crippen molar-refractivity contribution in [1.29, 1.82) is 0 Å². The van der Waals surface area contributed by atoms with Crippen LogP contribution in [0.15, 0.2) is 6.07 Å². The number of nitrogens with one attached hydrogen (secondary N) is 1. The van der Waals surface area contributed by atoms with E-state index in [4.69, 9.17) is 14.2 Å². The number of hydrogen-bond acceptors (Lipinski definition) is 5. The largest absolute Gasteiger partial charge is 0.494 e. The average molecular weight is 264 g/mol. The Morgan fingerprint density at radius 1 is 1.37 bits per heavy atom. The van der Waals surface area contributed by atoms with E-state index in [2.05, 4.69) is 9.97 Å². The molecule has 6 nitrogen and oxygen atoms in total. The Kier molecular flexibility index (Phi) is 4.01. The smallest absolute Gasteiger partial charge is 0.155 e. The number of hydrogen-bond donors (Lipinski definition) is 1. The summed E-state index contributed by atoms with van der Waals surface area (Å²) in [6.45, 7) is 2.88. The third-order valence-corrected chi connectivity index (χ3v) is 2.76. The van der Waals surface area contributed by atoms with Crippen LogP contribution in [0.1, 0.15) is 23.1 Å². The highest BCUT2D eigenvalue weighted by Crippen LogP contribution is 2.34. The number of H-pyrrole nitrogens is 1. The molecule has 1 aromatic heterocycles. The van der Waals surface area contributed by atoms with Gasteiger partial charge in [0, 0.05) is 6.61 Å². The maximum absolute atomic E-state index is 11.1. The summed E-state index contributed by atoms with van der Waals surface area (Å²) >= 11 is 0. The zero-order valence-electron chi connectivity index (χ0n) is 11.1. The minimum Gasteiger partial charge on any atom is -0.494 e. The highest BCUT2D eigenvalue weighted by Gasteiger charge is 2.17. The first kappa shape index (κ1) is 13.4. The number of rotatable bonds is 6. The van der Waals surface area contributed by atoms with Gasteiger partial charge in [-0.05, 0) is 13.0 Å². The lowest BCUT2D eigenvalue weighted by atomic mass is 10.1. The fourth-order valence-corrected chi connectivity index (χ4v) is 1.91. The van der Waals surface area contributed by atoms with E-state index in [0.29, 0.717) is 47.1 Å². The number of methoxy groups -OCH3 is 2. The van der Waals surface area contributed by atoms with Crippen LogP contribution in [0.25, 0.3) is 11.0 Å². The molecule has 0 saturated heterocycles. The molecule has 19 heavy (non-hydrogen) atoms. The molecule has 0 atom stereocenters. The Balaban J connectivity index is 2.61. The third kappa shape index (κ3) is 2.39. The van der Waals surface area contributed by atoms with Crippen molar-refractivity contribution in [2.45, 2.75) is 13.5 Å². The number of benzene rings is 1. The summed E-state index contributed by atoms with van der Waals surface area (Å²) in [6.07, 6.45) is 0.726. The van der Waals surface area contributed by atoms with E-state index in [1.54, 1.807) is 6.07 Å². The molecule has 0 amide bonds. The monoisotopic (exact) mass is 264 g/mol. The molecule has 0 unspecified atom stereocenters. The van der Waals surface area contributed by atoms with Crippen molar-refractivity contribution in [3.8, 4) is 11.5 Å². The van der Waals surface area contributed by atoms with Crippen molar-refractivity contribution in [1.82, 2.24) is 9.97 Å². The van der Waals surface area contributed by atoms with Crippen LogP contribution in [0.5, 0.6) is 11.5 Å². The summed E-state index contributed by atoms with van der Waals surface area (Å²) in [7, 11) is 3.05. The maximum atomic E-state index is 11.1. The average Bonchev–Trinajstić information content (AvgIpc) is 2.86. The normalized spacial score (nSPS) is 10.7. The third-order valence-electron chi connectivity index (χ3n) is 2.76. The van der Waals surface area contributed by atoms with Gasteiger partial charge in [-0.3, -0.25) is 4.79 Å². The number of carbonyl (C=O) groups excluding carboxylic acids is 1. The summed E-state index contributed by atoms with van der Waals surface area (Å²) in [6, 6.07) is 1.61. The summed E-state index contributed by atoms with van der Waals surface area (Å²) in [5, 5.41) is 0. The molecular weight excluding hydrogens is 248 g/mol. The van der Waals surface area contributed by atoms with Gasteiger partial charge < -0.3 is 19.2 Å². The van der Waals surface area contributed by atoms with Crippen LogP contribution in [-0.2, 0) is 11.3 Å². The van der Waals surface area contributed by atoms with Gasteiger partial charge in [0.1, 0.15) is 29.2 Å². The number of nitrogens with zero attached hydrogens (tertiary/aromatic N) is 1. The summed E-state index contributed by atoms with van der Waals surface area (Å²) < 4.78 is 15.8. The van der Waals surface area contributed by atoms with Gasteiger partial charge in [0.25, 0.3) is 0 Å². The molecule has 1 N–H and O–H groups in total. The zero-order chi connectivity index (χ0) is 13.8. The van der Waals surface area contributed by atoms with Crippen molar-refractivity contribution >= 4 is 17.3 Å². The minimum absolute atomic E-state index is 0.369. The number of imidazole rings is 1. The van der Waals surface area contributed by atoms with E-state index in [0.717, 1.165) is 6.29 Å². The molecule has 0 spiro atoms. The standard InChI is InChI=1S/C13H16N2O4/c1-4-19-7-10-14-11-9(17-2)5-8(6-16)13(18-3)12(11)15-10/h5-6H,4,7H2,1-3H3,(H,14,15). The Hall–Kier alpha value is -2.08. The van der Waals surface area contributed by atoms with Gasteiger partial charge in [0.2, 0.25) is 0 Å². The number of aromatic amines is 1. The first-order valence-corrected chi connectivity index (χ1v) is 5.91. The Morgan fingerprint density at radius 2 is 2.16 bits per heavy atom. The van der Waals surface area contributed by atoms with E-state index in [1.807, 2.05) is 6.92 Å². The van der Waals surface area contributed by atoms with Gasteiger partial charge in [-0.15, -0.1) is 0 Å². The van der Waals surface area contributed by atoms with Crippen LogP contribution in [0.3, 0.4) is 0 Å². The molecule has 0 aliphatic carbocycles. The lowest BCUT2D eigenvalue weighted by Gasteiger charge is -2.07. The van der Waals surface area contributed by atoms with Crippen molar-refractivity contribution in [2.24, 2.45) is 0 Å². The van der Waals surface area contributed by atoms with Crippen LogP contribution in [-0.4, -0.2) is 37.1 Å². The molecule has 0 radical (unpaired) electrons. The molecule has 6 heteroatoms. The summed E-state index contributed by atoms with van der Waals surface area (Å²) in [5.41, 5.74) is 1.68. The van der Waals surface area contributed by atoms with Gasteiger partial charge in [0.15, 0.2) is 12.0 Å². The maximum Gasteiger partial charge on any atom is 0.155 e. The van der Waals surface area contributed by atoms with Gasteiger partial charge in [-0.1, -0.05) is 0 Å². The van der Waals surface area contributed by atoms with Gasteiger partial charge >= 0.3 is 0 Å². The SMILES string of the molecule is CCOCc1nc2c(OC)cc(C=O)c(OC)c2[nH]1. The number of aldehydes is 1. The fraction of sp³-hybridized carbons (Fsp3) is 0.385. The van der Waals surface area contributed by atoms with Crippen molar-refractivity contribution in [3.05, 3.63) is 17.5 Å². The van der Waals surface area contributed by atoms with E-state index < -0.39 is 0 Å². The molecule has 1 heterocycles. The molecule has 2 rings (SSSR count). The predicted octanol–water partition coefficient (Wildman–Crippen LogP) is 1.93. The molecular formula is C13H16N2O4. The predicted molar refractivity (Wildman–Crippen MR) is 69.9 cm³/mol. The summed E-state index contributed by atoms with van der Waals surface area (Å²) in [5.74, 6) is 1.65. The highest BCUT2D eigenvalue weighted by atomic mass is 16.5. The van der Waals surface area contributed by atoms with E-state index in [-0.39, 0.29) is 0 Å². The second kappa shape index (κ2) is 5.71. The number of aromatic nitrogens is 2. The lowest BCUT2D eigenvalue weighted by molar-refractivity contribution is 0.112. The minimum atomic E-state index is 0.369. The quantitative estimate of drug-likeness (QED) is 0.807. The molecule has 2 aromatic rings. The van der Waals surface area contributed by atoms with Crippen molar-refractivity contribution < 1.29 is 19.0 Å². The van der Waals surface area contributed by atoms with Crippen LogP contribution >= 0.6 is 0 Å². The lowest BCUT2D eigenvalue weighted by Crippen LogP contribution is -1.94. The van der Waals surface area contributed by atoms with Crippen LogP contribution in [0, 0.1) is 0 Å². The topological polar surface area (TPSA) is 73.4 Å². The second-order valence-electron chi connectivity index (χ2n) is 3.86. The van der Waals surface area contributed by atoms with Gasteiger partial charge in [-0.25, -0.2) is 4.98 Å². The second-order valence-corrected chi connectivity index (χ2v) is 3.86. The molecule has 0 bridgehead atoms. The molecule has 0 aliphatic rings. The van der Waals surface area contributed by atoms with Crippen LogP contribution in [0.4, 0.5) is 0 Å². The highest BCUT2D eigenvalue weighted by molar-refractivity contribution is 5.96. The van der Waals surface area contributed by atoms with E-state index in [9.17, 15) is 4.79 Å². The van der Waals surface area contributed by atoms with E-state index in [1.165, 1.54) is 14.2 Å². The summed E-state index contributed by atoms with van der Waals surface area (Å²) in [4.78, 5) is 18.6. The van der Waals surface area contributed by atoms with Crippen LogP contribution < -0.4 is 9.47 Å². The number of fused-ring (bicyclic) bond motifs is 1.